The summed E-state index contributed by atoms with van der Waals surface area (Å²) in [6.45, 7) is 0. The van der Waals surface area contributed by atoms with Gasteiger partial charge in [-0.05, 0) is 24.3 Å². The van der Waals surface area contributed by atoms with Crippen molar-refractivity contribution in [1.29, 1.82) is 0 Å². The lowest BCUT2D eigenvalue weighted by atomic mass is 10.1. The molecule has 0 fully saturated rings. The Morgan fingerprint density at radius 2 is 2.11 bits per heavy atom. The largest absolute Gasteiger partial charge is 0.465 e. The fourth-order valence-electron chi connectivity index (χ4n) is 1.54. The van der Waals surface area contributed by atoms with E-state index in [0.29, 0.717) is 16.1 Å². The van der Waals surface area contributed by atoms with Gasteiger partial charge in [-0.25, -0.2) is 9.18 Å². The highest BCUT2D eigenvalue weighted by Gasteiger charge is 2.10. The molecule has 1 aromatic carbocycles. The SMILES string of the molecule is COC(=O)c1cncc(-c2ccc(Cl)cc2F)c1. The van der Waals surface area contributed by atoms with Gasteiger partial charge in [-0.1, -0.05) is 11.6 Å². The van der Waals surface area contributed by atoms with Crippen molar-refractivity contribution >= 4 is 17.6 Å². The number of carbonyl (C=O) groups excluding carboxylic acids is 1. The van der Waals surface area contributed by atoms with E-state index < -0.39 is 11.8 Å². The Kier molecular flexibility index (Phi) is 3.58. The van der Waals surface area contributed by atoms with E-state index in [0.717, 1.165) is 0 Å². The van der Waals surface area contributed by atoms with Crippen LogP contribution in [0.1, 0.15) is 10.4 Å². The van der Waals surface area contributed by atoms with Crippen LogP contribution in [0.3, 0.4) is 0 Å². The van der Waals surface area contributed by atoms with E-state index in [2.05, 4.69) is 9.72 Å². The highest BCUT2D eigenvalue weighted by atomic mass is 35.5. The van der Waals surface area contributed by atoms with Crippen molar-refractivity contribution < 1.29 is 13.9 Å². The third-order valence-electron chi connectivity index (χ3n) is 2.40. The number of rotatable bonds is 2. The highest BCUT2D eigenvalue weighted by Crippen LogP contribution is 2.25. The van der Waals surface area contributed by atoms with Crippen LogP contribution in [0.5, 0.6) is 0 Å². The van der Waals surface area contributed by atoms with E-state index in [4.69, 9.17) is 11.6 Å². The van der Waals surface area contributed by atoms with Crippen LogP contribution >= 0.6 is 11.6 Å². The molecule has 0 unspecified atom stereocenters. The zero-order chi connectivity index (χ0) is 13.1. The van der Waals surface area contributed by atoms with Crippen LogP contribution in [0.15, 0.2) is 36.7 Å². The molecule has 1 heterocycles. The molecule has 0 aliphatic heterocycles. The second-order valence-electron chi connectivity index (χ2n) is 3.58. The van der Waals surface area contributed by atoms with Crippen molar-refractivity contribution in [3.63, 3.8) is 0 Å². The van der Waals surface area contributed by atoms with Crippen LogP contribution in [0, 0.1) is 5.82 Å². The number of benzene rings is 1. The molecule has 0 spiro atoms. The van der Waals surface area contributed by atoms with Gasteiger partial charge in [-0.2, -0.15) is 0 Å². The van der Waals surface area contributed by atoms with Crippen LogP contribution in [0.2, 0.25) is 5.02 Å². The minimum Gasteiger partial charge on any atom is -0.465 e. The van der Waals surface area contributed by atoms with Crippen molar-refractivity contribution in [3.05, 3.63) is 53.1 Å². The molecule has 2 aromatic rings. The van der Waals surface area contributed by atoms with Crippen LogP contribution < -0.4 is 0 Å². The third-order valence-corrected chi connectivity index (χ3v) is 2.64. The van der Waals surface area contributed by atoms with Crippen molar-refractivity contribution in [3.8, 4) is 11.1 Å². The first-order chi connectivity index (χ1) is 8.61. The Morgan fingerprint density at radius 1 is 1.33 bits per heavy atom. The van der Waals surface area contributed by atoms with Crippen molar-refractivity contribution in [2.24, 2.45) is 0 Å². The molecule has 0 aliphatic carbocycles. The summed E-state index contributed by atoms with van der Waals surface area (Å²) in [6, 6.07) is 5.84. The summed E-state index contributed by atoms with van der Waals surface area (Å²) in [6.07, 6.45) is 2.84. The van der Waals surface area contributed by atoms with E-state index in [1.807, 2.05) is 0 Å². The molecule has 0 saturated carbocycles. The first-order valence-corrected chi connectivity index (χ1v) is 5.48. The molecule has 0 saturated heterocycles. The summed E-state index contributed by atoms with van der Waals surface area (Å²) < 4.78 is 18.3. The van der Waals surface area contributed by atoms with Gasteiger partial charge in [0.25, 0.3) is 0 Å². The van der Waals surface area contributed by atoms with Crippen LogP contribution in [0.4, 0.5) is 4.39 Å². The molecular formula is C13H9ClFNO2. The second kappa shape index (κ2) is 5.14. The second-order valence-corrected chi connectivity index (χ2v) is 4.01. The lowest BCUT2D eigenvalue weighted by molar-refractivity contribution is 0.0600. The number of ether oxygens (including phenoxy) is 1. The fourth-order valence-corrected chi connectivity index (χ4v) is 1.70. The van der Waals surface area contributed by atoms with Crippen molar-refractivity contribution in [2.75, 3.05) is 7.11 Å². The van der Waals surface area contributed by atoms with Crippen molar-refractivity contribution in [1.82, 2.24) is 4.98 Å². The normalized spacial score (nSPS) is 10.2. The lowest BCUT2D eigenvalue weighted by Crippen LogP contribution is -2.02. The van der Waals surface area contributed by atoms with Crippen LogP contribution in [-0.2, 0) is 4.74 Å². The number of methoxy groups -OCH3 is 1. The summed E-state index contributed by atoms with van der Waals surface area (Å²) >= 11 is 5.68. The molecule has 0 amide bonds. The molecule has 92 valence electrons. The van der Waals surface area contributed by atoms with Gasteiger partial charge in [-0.15, -0.1) is 0 Å². The average molecular weight is 266 g/mol. The number of aromatic nitrogens is 1. The molecule has 0 radical (unpaired) electrons. The summed E-state index contributed by atoms with van der Waals surface area (Å²) in [5.41, 5.74) is 1.09. The van der Waals surface area contributed by atoms with E-state index in [9.17, 15) is 9.18 Å². The molecular weight excluding hydrogens is 257 g/mol. The van der Waals surface area contributed by atoms with Gasteiger partial charge in [0.05, 0.1) is 12.7 Å². The molecule has 5 heteroatoms. The maximum atomic E-state index is 13.7. The van der Waals surface area contributed by atoms with E-state index in [-0.39, 0.29) is 5.56 Å². The minimum atomic E-state index is -0.515. The topological polar surface area (TPSA) is 39.2 Å². The quantitative estimate of drug-likeness (QED) is 0.782. The minimum absolute atomic E-state index is 0.268. The number of nitrogens with zero attached hydrogens (tertiary/aromatic N) is 1. The molecule has 0 atom stereocenters. The molecule has 0 N–H and O–H groups in total. The summed E-state index contributed by atoms with van der Waals surface area (Å²) in [4.78, 5) is 15.3. The predicted octanol–water partition coefficient (Wildman–Crippen LogP) is 3.33. The number of halogens is 2. The number of hydrogen-bond donors (Lipinski definition) is 0. The predicted molar refractivity (Wildman–Crippen MR) is 66.0 cm³/mol. The Balaban J connectivity index is 2.48. The Morgan fingerprint density at radius 3 is 2.78 bits per heavy atom. The average Bonchev–Trinajstić information content (AvgIpc) is 2.38. The maximum absolute atomic E-state index is 13.7. The lowest BCUT2D eigenvalue weighted by Gasteiger charge is -2.05. The van der Waals surface area contributed by atoms with E-state index in [1.54, 1.807) is 6.07 Å². The molecule has 3 nitrogen and oxygen atoms in total. The molecule has 0 aliphatic rings. The fraction of sp³-hybridized carbons (Fsp3) is 0.0769. The third kappa shape index (κ3) is 2.49. The Bertz CT molecular complexity index is 601. The monoisotopic (exact) mass is 265 g/mol. The molecule has 2 rings (SSSR count). The first kappa shape index (κ1) is 12.5. The molecule has 0 bridgehead atoms. The standard InChI is InChI=1S/C13H9ClFNO2/c1-18-13(17)9-4-8(6-16-7-9)11-3-2-10(14)5-12(11)15/h2-7H,1H3. The zero-order valence-corrected chi connectivity index (χ0v) is 10.2. The van der Waals surface area contributed by atoms with Gasteiger partial charge in [0.2, 0.25) is 0 Å². The van der Waals surface area contributed by atoms with E-state index >= 15 is 0 Å². The highest BCUT2D eigenvalue weighted by molar-refractivity contribution is 6.30. The molecule has 1 aromatic heterocycles. The first-order valence-electron chi connectivity index (χ1n) is 5.10. The summed E-state index contributed by atoms with van der Waals surface area (Å²) in [5.74, 6) is -0.981. The number of esters is 1. The summed E-state index contributed by atoms with van der Waals surface area (Å²) in [5, 5.41) is 0.313. The van der Waals surface area contributed by atoms with E-state index in [1.165, 1.54) is 37.7 Å². The van der Waals surface area contributed by atoms with Crippen LogP contribution in [0.25, 0.3) is 11.1 Å². The van der Waals surface area contributed by atoms with Crippen molar-refractivity contribution in [2.45, 2.75) is 0 Å². The Hall–Kier alpha value is -1.94. The zero-order valence-electron chi connectivity index (χ0n) is 9.48. The van der Waals surface area contributed by atoms with Gasteiger partial charge in [0, 0.05) is 28.5 Å². The number of carbonyl (C=O) groups is 1. The maximum Gasteiger partial charge on any atom is 0.339 e. The van der Waals surface area contributed by atoms with Gasteiger partial charge >= 0.3 is 5.97 Å². The van der Waals surface area contributed by atoms with Crippen LogP contribution in [-0.4, -0.2) is 18.1 Å². The number of pyridine rings is 1. The van der Waals surface area contributed by atoms with Gasteiger partial charge in [0.1, 0.15) is 5.82 Å². The smallest absolute Gasteiger partial charge is 0.339 e. The van der Waals surface area contributed by atoms with Gasteiger partial charge < -0.3 is 4.74 Å². The van der Waals surface area contributed by atoms with Gasteiger partial charge in [0.15, 0.2) is 0 Å². The summed E-state index contributed by atoms with van der Waals surface area (Å²) in [7, 11) is 1.28. The molecule has 18 heavy (non-hydrogen) atoms. The van der Waals surface area contributed by atoms with Gasteiger partial charge in [-0.3, -0.25) is 4.98 Å². The Labute approximate surface area is 108 Å². The number of hydrogen-bond acceptors (Lipinski definition) is 3.